The first-order valence-corrected chi connectivity index (χ1v) is 7.12. The van der Waals surface area contributed by atoms with Crippen molar-refractivity contribution in [3.63, 3.8) is 0 Å². The van der Waals surface area contributed by atoms with Gasteiger partial charge in [0.25, 0.3) is 5.91 Å². The third kappa shape index (κ3) is 2.97. The number of H-pyrrole nitrogens is 1. The van der Waals surface area contributed by atoms with Crippen LogP contribution in [-0.4, -0.2) is 45.7 Å². The quantitative estimate of drug-likeness (QED) is 0.923. The van der Waals surface area contributed by atoms with E-state index in [1.807, 2.05) is 0 Å². The van der Waals surface area contributed by atoms with E-state index in [1.54, 1.807) is 11.0 Å². The Kier molecular flexibility index (Phi) is 4.01. The molecule has 1 fully saturated rings. The van der Waals surface area contributed by atoms with E-state index in [2.05, 4.69) is 22.1 Å². The van der Waals surface area contributed by atoms with Crippen LogP contribution in [0.2, 0.25) is 0 Å². The molecule has 2 aromatic heterocycles. The van der Waals surface area contributed by atoms with Gasteiger partial charge in [0, 0.05) is 13.0 Å². The molecule has 1 N–H and O–H groups in total. The number of nitrogens with one attached hydrogen (secondary N) is 1. The van der Waals surface area contributed by atoms with Crippen LogP contribution in [-0.2, 0) is 11.2 Å². The third-order valence-corrected chi connectivity index (χ3v) is 3.45. The molecule has 0 aromatic carbocycles. The number of furan rings is 1. The fourth-order valence-electron chi connectivity index (χ4n) is 2.36. The molecule has 1 aliphatic heterocycles. The maximum absolute atomic E-state index is 12.3. The van der Waals surface area contributed by atoms with Gasteiger partial charge in [0.1, 0.15) is 18.2 Å². The molecule has 0 saturated carbocycles. The van der Waals surface area contributed by atoms with Gasteiger partial charge in [0.05, 0.1) is 25.0 Å². The highest BCUT2D eigenvalue weighted by molar-refractivity contribution is 5.93. The van der Waals surface area contributed by atoms with Crippen molar-refractivity contribution in [2.24, 2.45) is 0 Å². The Balaban J connectivity index is 1.69. The molecule has 21 heavy (non-hydrogen) atoms. The fourth-order valence-corrected chi connectivity index (χ4v) is 2.36. The van der Waals surface area contributed by atoms with E-state index in [9.17, 15) is 4.79 Å². The lowest BCUT2D eigenvalue weighted by atomic mass is 10.2. The first-order chi connectivity index (χ1) is 10.3. The summed E-state index contributed by atoms with van der Waals surface area (Å²) in [7, 11) is 0. The highest BCUT2D eigenvalue weighted by Crippen LogP contribution is 2.21. The van der Waals surface area contributed by atoms with Crippen molar-refractivity contribution in [1.29, 1.82) is 0 Å². The second kappa shape index (κ2) is 6.09. The smallest absolute Gasteiger partial charge is 0.257 e. The zero-order chi connectivity index (χ0) is 14.7. The van der Waals surface area contributed by atoms with Gasteiger partial charge < -0.3 is 14.1 Å². The number of carbonyl (C=O) groups is 1. The molecule has 1 atom stereocenters. The molecular formula is C14H18N4O3. The summed E-state index contributed by atoms with van der Waals surface area (Å²) in [5.41, 5.74) is 0.553. The van der Waals surface area contributed by atoms with E-state index in [1.165, 1.54) is 12.5 Å². The van der Waals surface area contributed by atoms with Crippen molar-refractivity contribution in [2.75, 3.05) is 19.7 Å². The number of ether oxygens (including phenoxy) is 1. The summed E-state index contributed by atoms with van der Waals surface area (Å²) in [5, 5.41) is 7.11. The first-order valence-electron chi connectivity index (χ1n) is 7.12. The summed E-state index contributed by atoms with van der Waals surface area (Å²) in [6, 6.07) is 1.67. The predicted molar refractivity (Wildman–Crippen MR) is 73.7 cm³/mol. The number of hydrogen-bond acceptors (Lipinski definition) is 5. The zero-order valence-corrected chi connectivity index (χ0v) is 11.9. The molecule has 1 aliphatic rings. The van der Waals surface area contributed by atoms with Crippen molar-refractivity contribution in [3.05, 3.63) is 35.8 Å². The summed E-state index contributed by atoms with van der Waals surface area (Å²) in [6.07, 6.45) is 4.54. The second-order valence-electron chi connectivity index (χ2n) is 5.01. The third-order valence-electron chi connectivity index (χ3n) is 3.45. The predicted octanol–water partition coefficient (Wildman–Crippen LogP) is 1.56. The summed E-state index contributed by atoms with van der Waals surface area (Å²) in [4.78, 5) is 18.5. The SMILES string of the molecule is CCCc1nc([C@@H]2CN(C(=O)c3ccoc3)CCO2)n[nH]1. The van der Waals surface area contributed by atoms with Crippen LogP contribution in [0, 0.1) is 0 Å². The van der Waals surface area contributed by atoms with Gasteiger partial charge >= 0.3 is 0 Å². The molecule has 7 nitrogen and oxygen atoms in total. The van der Waals surface area contributed by atoms with Crippen molar-refractivity contribution in [1.82, 2.24) is 20.1 Å². The molecule has 3 heterocycles. The maximum Gasteiger partial charge on any atom is 0.257 e. The molecular weight excluding hydrogens is 272 g/mol. The number of amides is 1. The normalized spacial score (nSPS) is 18.9. The lowest BCUT2D eigenvalue weighted by molar-refractivity contribution is -0.0267. The van der Waals surface area contributed by atoms with Crippen LogP contribution < -0.4 is 0 Å². The molecule has 3 rings (SSSR count). The number of carbonyl (C=O) groups excluding carboxylic acids is 1. The Morgan fingerprint density at radius 2 is 2.48 bits per heavy atom. The van der Waals surface area contributed by atoms with Crippen molar-refractivity contribution in [3.8, 4) is 0 Å². The summed E-state index contributed by atoms with van der Waals surface area (Å²) in [6.45, 7) is 3.58. The van der Waals surface area contributed by atoms with E-state index < -0.39 is 0 Å². The van der Waals surface area contributed by atoms with Crippen LogP contribution in [0.1, 0.15) is 41.5 Å². The minimum atomic E-state index is -0.281. The van der Waals surface area contributed by atoms with E-state index in [0.29, 0.717) is 31.1 Å². The van der Waals surface area contributed by atoms with Gasteiger partial charge in [-0.05, 0) is 12.5 Å². The fraction of sp³-hybridized carbons (Fsp3) is 0.500. The van der Waals surface area contributed by atoms with Crippen LogP contribution in [0.4, 0.5) is 0 Å². The average Bonchev–Trinajstić information content (AvgIpc) is 3.18. The molecule has 1 amide bonds. The highest BCUT2D eigenvalue weighted by atomic mass is 16.5. The minimum Gasteiger partial charge on any atom is -0.472 e. The number of aryl methyl sites for hydroxylation is 1. The van der Waals surface area contributed by atoms with Crippen molar-refractivity contribution in [2.45, 2.75) is 25.9 Å². The molecule has 0 bridgehead atoms. The van der Waals surface area contributed by atoms with Gasteiger partial charge in [0.2, 0.25) is 0 Å². The number of morpholine rings is 1. The molecule has 0 unspecified atom stereocenters. The zero-order valence-electron chi connectivity index (χ0n) is 11.9. The summed E-state index contributed by atoms with van der Waals surface area (Å²) in [5.74, 6) is 1.42. The van der Waals surface area contributed by atoms with Gasteiger partial charge in [-0.25, -0.2) is 4.98 Å². The standard InChI is InChI=1S/C14H18N4O3/c1-2-3-12-15-13(17-16-12)11-8-18(5-7-21-11)14(19)10-4-6-20-9-10/h4,6,9,11H,2-3,5,7-8H2,1H3,(H,15,16,17)/t11-/m0/s1. The molecule has 112 valence electrons. The second-order valence-corrected chi connectivity index (χ2v) is 5.01. The topological polar surface area (TPSA) is 84.2 Å². The summed E-state index contributed by atoms with van der Waals surface area (Å²) >= 11 is 0. The van der Waals surface area contributed by atoms with Gasteiger partial charge in [-0.2, -0.15) is 5.10 Å². The largest absolute Gasteiger partial charge is 0.472 e. The number of aromatic amines is 1. The lowest BCUT2D eigenvalue weighted by Gasteiger charge is -2.31. The number of nitrogens with zero attached hydrogens (tertiary/aromatic N) is 3. The van der Waals surface area contributed by atoms with Crippen LogP contribution in [0.3, 0.4) is 0 Å². The van der Waals surface area contributed by atoms with Gasteiger partial charge in [-0.1, -0.05) is 6.92 Å². The first kappa shape index (κ1) is 13.8. The van der Waals surface area contributed by atoms with E-state index in [0.717, 1.165) is 18.7 Å². The molecule has 0 aliphatic carbocycles. The van der Waals surface area contributed by atoms with Crippen molar-refractivity contribution < 1.29 is 13.9 Å². The van der Waals surface area contributed by atoms with Gasteiger partial charge in [-0.3, -0.25) is 9.89 Å². The van der Waals surface area contributed by atoms with Crippen LogP contribution in [0.15, 0.2) is 23.0 Å². The molecule has 2 aromatic rings. The van der Waals surface area contributed by atoms with Gasteiger partial charge in [-0.15, -0.1) is 0 Å². The van der Waals surface area contributed by atoms with E-state index in [4.69, 9.17) is 9.15 Å². The number of aromatic nitrogens is 3. The monoisotopic (exact) mass is 290 g/mol. The lowest BCUT2D eigenvalue weighted by Crippen LogP contribution is -2.42. The van der Waals surface area contributed by atoms with Crippen LogP contribution in [0.5, 0.6) is 0 Å². The highest BCUT2D eigenvalue weighted by Gasteiger charge is 2.28. The minimum absolute atomic E-state index is 0.0543. The molecule has 1 saturated heterocycles. The Labute approximate surface area is 122 Å². The Morgan fingerprint density at radius 1 is 1.57 bits per heavy atom. The van der Waals surface area contributed by atoms with E-state index >= 15 is 0 Å². The summed E-state index contributed by atoms with van der Waals surface area (Å²) < 4.78 is 10.7. The number of hydrogen-bond donors (Lipinski definition) is 1. The van der Waals surface area contributed by atoms with E-state index in [-0.39, 0.29) is 12.0 Å². The van der Waals surface area contributed by atoms with Crippen LogP contribution in [0.25, 0.3) is 0 Å². The van der Waals surface area contributed by atoms with Crippen LogP contribution >= 0.6 is 0 Å². The number of rotatable bonds is 4. The molecule has 0 spiro atoms. The Hall–Kier alpha value is -2.15. The maximum atomic E-state index is 12.3. The van der Waals surface area contributed by atoms with Crippen molar-refractivity contribution >= 4 is 5.91 Å². The Morgan fingerprint density at radius 3 is 3.24 bits per heavy atom. The van der Waals surface area contributed by atoms with Gasteiger partial charge in [0.15, 0.2) is 5.82 Å². The average molecular weight is 290 g/mol. The molecule has 0 radical (unpaired) electrons. The Bertz CT molecular complexity index is 593. The molecule has 7 heteroatoms.